The zero-order chi connectivity index (χ0) is 18.0. The van der Waals surface area contributed by atoms with Crippen LogP contribution in [0.3, 0.4) is 0 Å². The smallest absolute Gasteiger partial charge is 0.228 e. The van der Waals surface area contributed by atoms with Crippen molar-refractivity contribution in [1.82, 2.24) is 0 Å². The van der Waals surface area contributed by atoms with Crippen LogP contribution in [0.4, 0.5) is 5.69 Å². The molecule has 0 saturated heterocycles. The summed E-state index contributed by atoms with van der Waals surface area (Å²) in [6.07, 6.45) is 0.356. The summed E-state index contributed by atoms with van der Waals surface area (Å²) in [6, 6.07) is 20.3. The number of hydrogen-bond donors (Lipinski definition) is 1. The Kier molecular flexibility index (Phi) is 4.96. The number of fused-ring (bicyclic) bond motifs is 1. The number of carbonyl (C=O) groups is 1. The summed E-state index contributed by atoms with van der Waals surface area (Å²) in [5, 5.41) is 5.30. The first-order chi connectivity index (χ1) is 11.8. The number of amides is 1. The molecule has 25 heavy (non-hydrogen) atoms. The Balaban J connectivity index is 1.79. The van der Waals surface area contributed by atoms with Gasteiger partial charge in [-0.3, -0.25) is 4.79 Å². The zero-order valence-corrected chi connectivity index (χ0v) is 16.4. The third kappa shape index (κ3) is 4.10. The summed E-state index contributed by atoms with van der Waals surface area (Å²) in [7, 11) is 0. The van der Waals surface area contributed by atoms with Gasteiger partial charge in [0.1, 0.15) is 0 Å². The predicted molar refractivity (Wildman–Crippen MR) is 109 cm³/mol. The lowest BCUT2D eigenvalue weighted by atomic mass is 9.87. The number of anilines is 1. The van der Waals surface area contributed by atoms with E-state index >= 15 is 0 Å². The fourth-order valence-electron chi connectivity index (χ4n) is 2.90. The molecule has 2 nitrogen and oxygen atoms in total. The van der Waals surface area contributed by atoms with Gasteiger partial charge in [0.25, 0.3) is 0 Å². The van der Waals surface area contributed by atoms with Gasteiger partial charge in [-0.1, -0.05) is 69.3 Å². The lowest BCUT2D eigenvalue weighted by Gasteiger charge is -2.20. The van der Waals surface area contributed by atoms with E-state index in [1.54, 1.807) is 0 Å². The Labute approximate surface area is 157 Å². The van der Waals surface area contributed by atoms with Crippen LogP contribution in [0.15, 0.2) is 65.1 Å². The maximum Gasteiger partial charge on any atom is 0.228 e. The van der Waals surface area contributed by atoms with Crippen LogP contribution in [0.25, 0.3) is 10.8 Å². The average molecular weight is 396 g/mol. The van der Waals surface area contributed by atoms with Crippen LogP contribution in [-0.2, 0) is 16.6 Å². The van der Waals surface area contributed by atoms with Crippen LogP contribution in [-0.4, -0.2) is 5.91 Å². The van der Waals surface area contributed by atoms with Gasteiger partial charge in [-0.25, -0.2) is 0 Å². The van der Waals surface area contributed by atoms with Gasteiger partial charge in [0.15, 0.2) is 0 Å². The number of carbonyl (C=O) groups excluding carboxylic acids is 1. The number of benzene rings is 3. The molecule has 1 N–H and O–H groups in total. The van der Waals surface area contributed by atoms with Crippen molar-refractivity contribution in [1.29, 1.82) is 0 Å². The summed E-state index contributed by atoms with van der Waals surface area (Å²) < 4.78 is 0.909. The number of halogens is 1. The Hall–Kier alpha value is -2.13. The molecule has 0 saturated carbocycles. The normalized spacial score (nSPS) is 11.5. The molecule has 0 spiro atoms. The van der Waals surface area contributed by atoms with Gasteiger partial charge in [0.2, 0.25) is 5.91 Å². The first-order valence-electron chi connectivity index (χ1n) is 8.41. The van der Waals surface area contributed by atoms with Gasteiger partial charge in [-0.2, -0.15) is 0 Å². The van der Waals surface area contributed by atoms with E-state index in [4.69, 9.17) is 0 Å². The fourth-order valence-corrected chi connectivity index (χ4v) is 3.37. The number of rotatable bonds is 3. The molecule has 0 bridgehead atoms. The van der Waals surface area contributed by atoms with Gasteiger partial charge in [-0.05, 0) is 55.4 Å². The number of nitrogens with one attached hydrogen (secondary N) is 1. The van der Waals surface area contributed by atoms with E-state index in [1.807, 2.05) is 30.3 Å². The summed E-state index contributed by atoms with van der Waals surface area (Å²) in [6.45, 7) is 6.52. The van der Waals surface area contributed by atoms with Crippen molar-refractivity contribution in [3.05, 3.63) is 76.3 Å². The molecule has 0 radical (unpaired) electrons. The Morgan fingerprint density at radius 2 is 1.72 bits per heavy atom. The maximum atomic E-state index is 12.5. The van der Waals surface area contributed by atoms with Crippen LogP contribution in [0.2, 0.25) is 0 Å². The largest absolute Gasteiger partial charge is 0.325 e. The van der Waals surface area contributed by atoms with Crippen molar-refractivity contribution in [2.24, 2.45) is 0 Å². The molecule has 0 aliphatic heterocycles. The Morgan fingerprint density at radius 3 is 2.44 bits per heavy atom. The summed E-state index contributed by atoms with van der Waals surface area (Å²) in [5.74, 6) is -0.0134. The Morgan fingerprint density at radius 1 is 1.00 bits per heavy atom. The molecular formula is C22H22BrNO. The third-order valence-corrected chi connectivity index (χ3v) is 5.00. The molecule has 0 atom stereocenters. The summed E-state index contributed by atoms with van der Waals surface area (Å²) in [4.78, 5) is 12.5. The van der Waals surface area contributed by atoms with Crippen LogP contribution in [0, 0.1) is 0 Å². The molecule has 0 heterocycles. The SMILES string of the molecule is CC(C)(C)c1ccc(NC(=O)Cc2cccc3ccccc23)c(Br)c1. The van der Waals surface area contributed by atoms with Gasteiger partial charge in [0, 0.05) is 4.47 Å². The molecule has 3 aromatic carbocycles. The minimum absolute atomic E-state index is 0.0134. The van der Waals surface area contributed by atoms with Crippen molar-refractivity contribution in [3.63, 3.8) is 0 Å². The van der Waals surface area contributed by atoms with E-state index in [-0.39, 0.29) is 11.3 Å². The molecule has 0 aromatic heterocycles. The van der Waals surface area contributed by atoms with E-state index in [0.717, 1.165) is 26.5 Å². The van der Waals surface area contributed by atoms with Gasteiger partial charge in [-0.15, -0.1) is 0 Å². The highest BCUT2D eigenvalue weighted by Crippen LogP contribution is 2.30. The first-order valence-corrected chi connectivity index (χ1v) is 9.20. The Bertz CT molecular complexity index is 919. The molecule has 128 valence electrons. The third-order valence-electron chi connectivity index (χ3n) is 4.34. The average Bonchev–Trinajstić information content (AvgIpc) is 2.56. The molecule has 3 heteroatoms. The molecule has 0 fully saturated rings. The van der Waals surface area contributed by atoms with E-state index < -0.39 is 0 Å². The maximum absolute atomic E-state index is 12.5. The molecular weight excluding hydrogens is 374 g/mol. The van der Waals surface area contributed by atoms with Crippen LogP contribution in [0.1, 0.15) is 31.9 Å². The van der Waals surface area contributed by atoms with Crippen molar-refractivity contribution >= 4 is 38.3 Å². The standard InChI is InChI=1S/C22H22BrNO/c1-22(2,3)17-11-12-20(19(23)14-17)24-21(25)13-16-9-6-8-15-7-4-5-10-18(15)16/h4-12,14H,13H2,1-3H3,(H,24,25). The van der Waals surface area contributed by atoms with Crippen molar-refractivity contribution in [2.75, 3.05) is 5.32 Å². The van der Waals surface area contributed by atoms with E-state index in [9.17, 15) is 4.79 Å². The van der Waals surface area contributed by atoms with E-state index in [0.29, 0.717) is 6.42 Å². The second-order valence-electron chi connectivity index (χ2n) is 7.31. The second-order valence-corrected chi connectivity index (χ2v) is 8.16. The second kappa shape index (κ2) is 7.01. The first kappa shape index (κ1) is 17.7. The van der Waals surface area contributed by atoms with Gasteiger partial charge >= 0.3 is 0 Å². The van der Waals surface area contributed by atoms with Crippen molar-refractivity contribution in [3.8, 4) is 0 Å². The van der Waals surface area contributed by atoms with Crippen molar-refractivity contribution in [2.45, 2.75) is 32.6 Å². The molecule has 3 aromatic rings. The molecule has 0 aliphatic carbocycles. The van der Waals surface area contributed by atoms with Crippen molar-refractivity contribution < 1.29 is 4.79 Å². The summed E-state index contributed by atoms with van der Waals surface area (Å²) in [5.41, 5.74) is 3.15. The summed E-state index contributed by atoms with van der Waals surface area (Å²) >= 11 is 3.58. The topological polar surface area (TPSA) is 29.1 Å². The van der Waals surface area contributed by atoms with Gasteiger partial charge in [0.05, 0.1) is 12.1 Å². The van der Waals surface area contributed by atoms with Crippen LogP contribution >= 0.6 is 15.9 Å². The minimum atomic E-state index is -0.0134. The minimum Gasteiger partial charge on any atom is -0.325 e. The number of hydrogen-bond acceptors (Lipinski definition) is 1. The highest BCUT2D eigenvalue weighted by molar-refractivity contribution is 9.10. The lowest BCUT2D eigenvalue weighted by Crippen LogP contribution is -2.16. The van der Waals surface area contributed by atoms with E-state index in [1.165, 1.54) is 5.56 Å². The van der Waals surface area contributed by atoms with Crippen LogP contribution < -0.4 is 5.32 Å². The van der Waals surface area contributed by atoms with Gasteiger partial charge < -0.3 is 5.32 Å². The van der Waals surface area contributed by atoms with E-state index in [2.05, 4.69) is 72.3 Å². The highest BCUT2D eigenvalue weighted by Gasteiger charge is 2.16. The molecule has 0 unspecified atom stereocenters. The van der Waals surface area contributed by atoms with Crippen LogP contribution in [0.5, 0.6) is 0 Å². The monoisotopic (exact) mass is 395 g/mol. The quantitative estimate of drug-likeness (QED) is 0.571. The zero-order valence-electron chi connectivity index (χ0n) is 14.8. The predicted octanol–water partition coefficient (Wildman–Crippen LogP) is 6.08. The highest BCUT2D eigenvalue weighted by atomic mass is 79.9. The fraction of sp³-hybridized carbons (Fsp3) is 0.227. The molecule has 1 amide bonds. The molecule has 3 rings (SSSR count). The molecule has 0 aliphatic rings. The lowest BCUT2D eigenvalue weighted by molar-refractivity contribution is -0.115.